The van der Waals surface area contributed by atoms with E-state index in [2.05, 4.69) is 19.6 Å². The molecule has 3 aromatic rings. The van der Waals surface area contributed by atoms with Crippen molar-refractivity contribution >= 4 is 0 Å². The lowest BCUT2D eigenvalue weighted by atomic mass is 9.74. The van der Waals surface area contributed by atoms with Crippen LogP contribution in [-0.2, 0) is 5.67 Å². The lowest BCUT2D eigenvalue weighted by molar-refractivity contribution is -0.286. The Bertz CT molecular complexity index is 1070. The van der Waals surface area contributed by atoms with Crippen molar-refractivity contribution < 1.29 is 37.0 Å². The Morgan fingerprint density at radius 3 is 2.47 bits per heavy atom. The number of ether oxygens (including phenoxy) is 3. The highest BCUT2D eigenvalue weighted by molar-refractivity contribution is 5.57. The normalized spacial score (nSPS) is 23.4. The van der Waals surface area contributed by atoms with Gasteiger partial charge in [0.2, 0.25) is 5.88 Å². The molecular formula is C19H16F3N3O5. The largest absolute Gasteiger partial charge is 0.586 e. The molecule has 11 heteroatoms. The predicted molar refractivity (Wildman–Crippen MR) is 95.5 cm³/mol. The molecule has 0 spiro atoms. The van der Waals surface area contributed by atoms with Crippen LogP contribution in [0.15, 0.2) is 47.1 Å². The quantitative estimate of drug-likeness (QED) is 0.636. The van der Waals surface area contributed by atoms with Crippen molar-refractivity contribution in [2.75, 3.05) is 0 Å². The van der Waals surface area contributed by atoms with Crippen LogP contribution < -0.4 is 20.4 Å². The number of fused-ring (bicyclic) bond motifs is 1. The molecule has 0 bridgehead atoms. The standard InChI is InChI=1S/C19H13F3N2O5.H3N/c20-18(11-2-3-13-15(5-11)28-19(21,22)27-13)7-12(8-18)26-17-4-1-10(9-23-17)14-6-16(25)24-29-14;/h1-6,9,12H,7-8H2,(H,24,25);1H3/t12-,18-;. The first kappa shape index (κ1) is 19.8. The van der Waals surface area contributed by atoms with Crippen LogP contribution >= 0.6 is 0 Å². The molecule has 1 aromatic carbocycles. The van der Waals surface area contributed by atoms with Crippen LogP contribution in [0.4, 0.5) is 13.2 Å². The van der Waals surface area contributed by atoms with Gasteiger partial charge in [0, 0.05) is 36.7 Å². The minimum absolute atomic E-state index is 0. The number of hydrogen-bond donors (Lipinski definition) is 2. The van der Waals surface area contributed by atoms with Crippen LogP contribution in [0, 0.1) is 0 Å². The van der Waals surface area contributed by atoms with E-state index in [-0.39, 0.29) is 41.9 Å². The van der Waals surface area contributed by atoms with Crippen molar-refractivity contribution in [1.29, 1.82) is 0 Å². The van der Waals surface area contributed by atoms with Gasteiger partial charge in [-0.15, -0.1) is 8.78 Å². The third kappa shape index (κ3) is 3.47. The lowest BCUT2D eigenvalue weighted by Gasteiger charge is -2.41. The molecule has 0 saturated heterocycles. The van der Waals surface area contributed by atoms with Crippen LogP contribution in [0.1, 0.15) is 18.4 Å². The van der Waals surface area contributed by atoms with Gasteiger partial charge >= 0.3 is 6.29 Å². The van der Waals surface area contributed by atoms with Gasteiger partial charge in [-0.25, -0.2) is 9.37 Å². The highest BCUT2D eigenvalue weighted by Crippen LogP contribution is 2.50. The van der Waals surface area contributed by atoms with Crippen molar-refractivity contribution in [2.24, 2.45) is 0 Å². The average molecular weight is 423 g/mol. The van der Waals surface area contributed by atoms with Gasteiger partial charge in [0.25, 0.3) is 5.88 Å². The van der Waals surface area contributed by atoms with Gasteiger partial charge in [0.05, 0.1) is 0 Å². The minimum Gasteiger partial charge on any atom is -0.491 e. The summed E-state index contributed by atoms with van der Waals surface area (Å²) >= 11 is 0. The van der Waals surface area contributed by atoms with Gasteiger partial charge in [0.1, 0.15) is 11.8 Å². The Balaban J connectivity index is 0.00000218. The number of benzene rings is 1. The van der Waals surface area contributed by atoms with Crippen molar-refractivity contribution in [3.8, 4) is 34.6 Å². The predicted octanol–water partition coefficient (Wildman–Crippen LogP) is 4.33. The second kappa shape index (κ2) is 6.80. The van der Waals surface area contributed by atoms with E-state index in [1.807, 2.05) is 0 Å². The number of aromatic nitrogens is 2. The van der Waals surface area contributed by atoms with Crippen molar-refractivity contribution in [1.82, 2.24) is 16.3 Å². The second-order valence-electron chi connectivity index (χ2n) is 6.88. The molecule has 1 aliphatic heterocycles. The Morgan fingerprint density at radius 2 is 1.80 bits per heavy atom. The molecule has 1 fully saturated rings. The molecule has 5 rings (SSSR count). The zero-order chi connectivity index (χ0) is 20.2. The summed E-state index contributed by atoms with van der Waals surface area (Å²) < 4.78 is 60.6. The summed E-state index contributed by atoms with van der Waals surface area (Å²) in [7, 11) is 0. The summed E-state index contributed by atoms with van der Waals surface area (Å²) in [6.45, 7) is 0. The maximum atomic E-state index is 15.1. The van der Waals surface area contributed by atoms with E-state index in [1.165, 1.54) is 30.5 Å². The molecule has 0 atom stereocenters. The number of rotatable bonds is 4. The fraction of sp³-hybridized carbons (Fsp3) is 0.263. The average Bonchev–Trinajstić information content (AvgIpc) is 3.21. The number of halogens is 3. The molecule has 1 saturated carbocycles. The topological polar surface area (TPSA) is 122 Å². The van der Waals surface area contributed by atoms with Crippen LogP contribution in [0.25, 0.3) is 11.3 Å². The van der Waals surface area contributed by atoms with Crippen molar-refractivity contribution in [3.63, 3.8) is 0 Å². The van der Waals surface area contributed by atoms with E-state index >= 15 is 4.39 Å². The second-order valence-corrected chi connectivity index (χ2v) is 6.88. The van der Waals surface area contributed by atoms with E-state index in [1.54, 1.807) is 12.1 Å². The molecule has 158 valence electrons. The Kier molecular flexibility index (Phi) is 4.49. The molecule has 2 aromatic heterocycles. The molecule has 4 N–H and O–H groups in total. The van der Waals surface area contributed by atoms with E-state index in [4.69, 9.17) is 9.26 Å². The molecule has 2 aliphatic rings. The number of aromatic hydroxyl groups is 1. The highest BCUT2D eigenvalue weighted by Gasteiger charge is 2.50. The summed E-state index contributed by atoms with van der Waals surface area (Å²) in [6, 6.07) is 8.51. The third-order valence-corrected chi connectivity index (χ3v) is 4.83. The van der Waals surface area contributed by atoms with Crippen LogP contribution in [0.2, 0.25) is 0 Å². The van der Waals surface area contributed by atoms with Crippen LogP contribution in [-0.4, -0.2) is 27.6 Å². The SMILES string of the molecule is N.Oc1cc(-c2ccc(O[C@H]3C[C@@](F)(c4ccc5c(c4)OC(F)(F)O5)C3)nc2)on1. The number of nitrogens with zero attached hydrogens (tertiary/aromatic N) is 2. The zero-order valence-electron chi connectivity index (χ0n) is 15.3. The van der Waals surface area contributed by atoms with Crippen LogP contribution in [0.3, 0.4) is 0 Å². The summed E-state index contributed by atoms with van der Waals surface area (Å²) in [6.07, 6.45) is -2.59. The summed E-state index contributed by atoms with van der Waals surface area (Å²) in [5.41, 5.74) is -0.889. The number of pyridine rings is 1. The first-order chi connectivity index (χ1) is 13.8. The Morgan fingerprint density at radius 1 is 1.03 bits per heavy atom. The molecular weight excluding hydrogens is 407 g/mol. The monoisotopic (exact) mass is 423 g/mol. The molecule has 0 amide bonds. The highest BCUT2D eigenvalue weighted by atomic mass is 19.3. The molecule has 0 radical (unpaired) electrons. The molecule has 3 heterocycles. The van der Waals surface area contributed by atoms with E-state index in [9.17, 15) is 13.9 Å². The van der Waals surface area contributed by atoms with Crippen molar-refractivity contribution in [2.45, 2.75) is 30.9 Å². The maximum absolute atomic E-state index is 15.1. The van der Waals surface area contributed by atoms with Gasteiger partial charge in [-0.1, -0.05) is 6.07 Å². The van der Waals surface area contributed by atoms with Gasteiger partial charge < -0.3 is 30.0 Å². The summed E-state index contributed by atoms with van der Waals surface area (Å²) in [4.78, 5) is 4.14. The van der Waals surface area contributed by atoms with Gasteiger partial charge in [0.15, 0.2) is 17.3 Å². The Hall–Kier alpha value is -3.47. The van der Waals surface area contributed by atoms with E-state index < -0.39 is 18.1 Å². The van der Waals surface area contributed by atoms with Crippen LogP contribution in [0.5, 0.6) is 23.3 Å². The third-order valence-electron chi connectivity index (χ3n) is 4.83. The first-order valence-electron chi connectivity index (χ1n) is 8.68. The van der Waals surface area contributed by atoms with E-state index in [0.717, 1.165) is 0 Å². The molecule has 1 aliphatic carbocycles. The summed E-state index contributed by atoms with van der Waals surface area (Å²) in [5.74, 6) is 0.0981. The fourth-order valence-corrected chi connectivity index (χ4v) is 3.38. The van der Waals surface area contributed by atoms with Gasteiger partial charge in [-0.05, 0) is 28.9 Å². The maximum Gasteiger partial charge on any atom is 0.586 e. The smallest absolute Gasteiger partial charge is 0.491 e. The number of alkyl halides is 3. The lowest BCUT2D eigenvalue weighted by Crippen LogP contribution is -2.44. The Labute approximate surface area is 167 Å². The minimum atomic E-state index is -3.74. The van der Waals surface area contributed by atoms with Gasteiger partial charge in [-0.3, -0.25) is 0 Å². The molecule has 8 nitrogen and oxygen atoms in total. The fourth-order valence-electron chi connectivity index (χ4n) is 3.38. The van der Waals surface area contributed by atoms with Gasteiger partial charge in [-0.2, -0.15) is 0 Å². The zero-order valence-corrected chi connectivity index (χ0v) is 15.3. The van der Waals surface area contributed by atoms with E-state index in [0.29, 0.717) is 17.2 Å². The molecule has 30 heavy (non-hydrogen) atoms. The summed E-state index contributed by atoms with van der Waals surface area (Å²) in [5, 5.41) is 12.6. The van der Waals surface area contributed by atoms with Crippen molar-refractivity contribution in [3.05, 3.63) is 48.2 Å². The first-order valence-corrected chi connectivity index (χ1v) is 8.68. The number of hydrogen-bond acceptors (Lipinski definition) is 8. The molecule has 0 unspecified atom stereocenters.